The summed E-state index contributed by atoms with van der Waals surface area (Å²) >= 11 is 5.89. The molecule has 0 bridgehead atoms. The zero-order chi connectivity index (χ0) is 15.9. The van der Waals surface area contributed by atoms with Crippen LogP contribution < -0.4 is 10.2 Å². The van der Waals surface area contributed by atoms with Crippen LogP contribution in [0.3, 0.4) is 0 Å². The van der Waals surface area contributed by atoms with Gasteiger partial charge in [-0.15, -0.1) is 0 Å². The summed E-state index contributed by atoms with van der Waals surface area (Å²) in [5, 5.41) is 3.01. The highest BCUT2D eigenvalue weighted by Gasteiger charge is 2.44. The van der Waals surface area contributed by atoms with Crippen molar-refractivity contribution in [1.82, 2.24) is 5.32 Å². The maximum Gasteiger partial charge on any atom is 0.250 e. The number of halogens is 2. The largest absolute Gasteiger partial charge is 0.342 e. The summed E-state index contributed by atoms with van der Waals surface area (Å²) in [5.41, 5.74) is -0.440. The van der Waals surface area contributed by atoms with Crippen molar-refractivity contribution in [3.8, 4) is 0 Å². The number of nitrogens with zero attached hydrogens (tertiary/aromatic N) is 1. The molecule has 2 amide bonds. The number of carbonyl (C=O) groups is 2. The minimum Gasteiger partial charge on any atom is -0.342 e. The van der Waals surface area contributed by atoms with Gasteiger partial charge in [0.05, 0.1) is 5.69 Å². The van der Waals surface area contributed by atoms with Gasteiger partial charge in [0.15, 0.2) is 0 Å². The molecule has 21 heavy (non-hydrogen) atoms. The van der Waals surface area contributed by atoms with Crippen molar-refractivity contribution >= 4 is 29.1 Å². The van der Waals surface area contributed by atoms with Crippen LogP contribution in [0, 0.1) is 11.2 Å². The van der Waals surface area contributed by atoms with E-state index in [1.165, 1.54) is 23.1 Å². The van der Waals surface area contributed by atoms with E-state index in [2.05, 4.69) is 5.32 Å². The smallest absolute Gasteiger partial charge is 0.250 e. The van der Waals surface area contributed by atoms with Gasteiger partial charge in [-0.2, -0.15) is 0 Å². The second-order valence-corrected chi connectivity index (χ2v) is 6.72. The first-order valence-corrected chi connectivity index (χ1v) is 7.09. The van der Waals surface area contributed by atoms with Crippen LogP contribution in [0.1, 0.15) is 27.7 Å². The molecule has 1 aliphatic rings. The summed E-state index contributed by atoms with van der Waals surface area (Å²) < 4.78 is 14.1. The van der Waals surface area contributed by atoms with Crippen molar-refractivity contribution in [1.29, 1.82) is 0 Å². The van der Waals surface area contributed by atoms with Gasteiger partial charge in [0.2, 0.25) is 5.91 Å². The van der Waals surface area contributed by atoms with Crippen LogP contribution in [0.2, 0.25) is 5.02 Å². The third-order valence-corrected chi connectivity index (χ3v) is 3.81. The minimum absolute atomic E-state index is 0.0316. The van der Waals surface area contributed by atoms with E-state index in [4.69, 9.17) is 11.6 Å². The molecule has 0 saturated carbocycles. The number of benzene rings is 1. The third-order valence-electron chi connectivity index (χ3n) is 3.57. The van der Waals surface area contributed by atoms with E-state index >= 15 is 0 Å². The van der Waals surface area contributed by atoms with Crippen LogP contribution in [-0.2, 0) is 9.59 Å². The summed E-state index contributed by atoms with van der Waals surface area (Å²) in [7, 11) is 0. The Kier molecular flexibility index (Phi) is 3.97. The average Bonchev–Trinajstić information content (AvgIpc) is 2.36. The Hall–Kier alpha value is -1.62. The molecule has 2 rings (SSSR count). The van der Waals surface area contributed by atoms with Gasteiger partial charge in [-0.05, 0) is 30.5 Å². The Morgan fingerprint density at radius 2 is 1.90 bits per heavy atom. The van der Waals surface area contributed by atoms with Crippen molar-refractivity contribution in [3.63, 3.8) is 0 Å². The third kappa shape index (κ3) is 2.88. The zero-order valence-electron chi connectivity index (χ0n) is 12.4. The van der Waals surface area contributed by atoms with Crippen LogP contribution in [0.4, 0.5) is 10.1 Å². The fourth-order valence-electron chi connectivity index (χ4n) is 2.36. The molecular weight excluding hydrogens is 295 g/mol. The fraction of sp³-hybridized carbons (Fsp3) is 0.467. The van der Waals surface area contributed by atoms with Gasteiger partial charge in [0.1, 0.15) is 17.9 Å². The lowest BCUT2D eigenvalue weighted by atomic mass is 9.84. The van der Waals surface area contributed by atoms with Gasteiger partial charge >= 0.3 is 0 Å². The highest BCUT2D eigenvalue weighted by atomic mass is 35.5. The first-order chi connectivity index (χ1) is 9.62. The molecule has 1 fully saturated rings. The lowest BCUT2D eigenvalue weighted by molar-refractivity contribution is -0.136. The molecule has 114 valence electrons. The quantitative estimate of drug-likeness (QED) is 0.867. The lowest BCUT2D eigenvalue weighted by Gasteiger charge is -2.42. The number of hydrogen-bond donors (Lipinski definition) is 1. The van der Waals surface area contributed by atoms with Gasteiger partial charge in [-0.25, -0.2) is 4.39 Å². The Bertz CT molecular complexity index is 598. The predicted octanol–water partition coefficient (Wildman–Crippen LogP) is 2.75. The van der Waals surface area contributed by atoms with Crippen LogP contribution in [-0.4, -0.2) is 23.9 Å². The second-order valence-electron chi connectivity index (χ2n) is 6.29. The van der Waals surface area contributed by atoms with Crippen LogP contribution in [0.5, 0.6) is 0 Å². The molecule has 1 heterocycles. The molecule has 6 heteroatoms. The molecule has 1 aromatic carbocycles. The molecule has 1 aliphatic heterocycles. The van der Waals surface area contributed by atoms with E-state index in [1.807, 2.05) is 20.8 Å². The van der Waals surface area contributed by atoms with Gasteiger partial charge < -0.3 is 5.32 Å². The maximum absolute atomic E-state index is 14.1. The Balaban J connectivity index is 2.51. The molecular formula is C15H18ClFN2O2. The first kappa shape index (κ1) is 15.8. The number of piperazine rings is 1. The number of rotatable bonds is 1. The van der Waals surface area contributed by atoms with Crippen LogP contribution in [0.25, 0.3) is 0 Å². The average molecular weight is 313 g/mol. The van der Waals surface area contributed by atoms with E-state index in [0.717, 1.165) is 0 Å². The second kappa shape index (κ2) is 5.30. The summed E-state index contributed by atoms with van der Waals surface area (Å²) in [5.74, 6) is -1.23. The van der Waals surface area contributed by atoms with Gasteiger partial charge in [-0.1, -0.05) is 32.4 Å². The van der Waals surface area contributed by atoms with Gasteiger partial charge in [0, 0.05) is 5.02 Å². The maximum atomic E-state index is 14.1. The topological polar surface area (TPSA) is 49.4 Å². The number of carbonyl (C=O) groups excluding carboxylic acids is 2. The first-order valence-electron chi connectivity index (χ1n) is 6.71. The number of anilines is 1. The van der Waals surface area contributed by atoms with Crippen molar-refractivity contribution in [2.45, 2.75) is 39.8 Å². The molecule has 1 aromatic rings. The van der Waals surface area contributed by atoms with E-state index in [1.54, 1.807) is 6.92 Å². The Morgan fingerprint density at radius 3 is 2.48 bits per heavy atom. The van der Waals surface area contributed by atoms with E-state index < -0.39 is 23.3 Å². The summed E-state index contributed by atoms with van der Waals surface area (Å²) in [6.07, 6.45) is 0. The van der Waals surface area contributed by atoms with Crippen molar-refractivity contribution < 1.29 is 14.0 Å². The molecule has 0 aliphatic carbocycles. The summed E-state index contributed by atoms with van der Waals surface area (Å²) in [4.78, 5) is 26.0. The zero-order valence-corrected chi connectivity index (χ0v) is 13.2. The normalized spacial score (nSPS) is 23.2. The van der Waals surface area contributed by atoms with Crippen molar-refractivity contribution in [3.05, 3.63) is 29.0 Å². The minimum atomic E-state index is -0.788. The molecule has 4 nitrogen and oxygen atoms in total. The van der Waals surface area contributed by atoms with Crippen molar-refractivity contribution in [2.75, 3.05) is 4.90 Å². The predicted molar refractivity (Wildman–Crippen MR) is 79.7 cm³/mol. The summed E-state index contributed by atoms with van der Waals surface area (Å²) in [6.45, 7) is 7.10. The highest BCUT2D eigenvalue weighted by molar-refractivity contribution is 6.31. The molecule has 2 atom stereocenters. The molecule has 2 unspecified atom stereocenters. The highest BCUT2D eigenvalue weighted by Crippen LogP contribution is 2.31. The molecule has 1 saturated heterocycles. The van der Waals surface area contributed by atoms with E-state index in [0.29, 0.717) is 5.02 Å². The van der Waals surface area contributed by atoms with E-state index in [9.17, 15) is 14.0 Å². The fourth-order valence-corrected chi connectivity index (χ4v) is 2.52. The molecule has 0 radical (unpaired) electrons. The van der Waals surface area contributed by atoms with Crippen molar-refractivity contribution in [2.24, 2.45) is 5.41 Å². The molecule has 0 aromatic heterocycles. The summed E-state index contributed by atoms with van der Waals surface area (Å²) in [6, 6.07) is 2.46. The SMILES string of the molecule is CC1C(=O)NC(C(C)(C)C)C(=O)N1c1cc(Cl)ccc1F. The Labute approximate surface area is 128 Å². The number of hydrogen-bond acceptors (Lipinski definition) is 2. The lowest BCUT2D eigenvalue weighted by Crippen LogP contribution is -2.66. The standard InChI is InChI=1S/C15H18ClFN2O2/c1-8-13(20)18-12(15(2,3)4)14(21)19(8)11-7-9(16)5-6-10(11)17/h5-8,12H,1-4H3,(H,18,20). The van der Waals surface area contributed by atoms with Crippen LogP contribution in [0.15, 0.2) is 18.2 Å². The number of amides is 2. The monoisotopic (exact) mass is 312 g/mol. The number of nitrogens with one attached hydrogen (secondary N) is 1. The van der Waals surface area contributed by atoms with Crippen LogP contribution >= 0.6 is 11.6 Å². The van der Waals surface area contributed by atoms with Gasteiger partial charge in [-0.3, -0.25) is 14.5 Å². The van der Waals surface area contributed by atoms with Gasteiger partial charge in [0.25, 0.3) is 5.91 Å². The molecule has 0 spiro atoms. The molecule has 1 N–H and O–H groups in total. The Morgan fingerprint density at radius 1 is 1.29 bits per heavy atom. The van der Waals surface area contributed by atoms with E-state index in [-0.39, 0.29) is 17.5 Å².